The number of carbonyl (C=O) groups excluding carboxylic acids is 1. The van der Waals surface area contributed by atoms with Gasteiger partial charge in [0.1, 0.15) is 5.39 Å². The quantitative estimate of drug-likeness (QED) is 0.381. The Hall–Kier alpha value is -2.91. The van der Waals surface area contributed by atoms with Gasteiger partial charge in [-0.05, 0) is 36.4 Å². The van der Waals surface area contributed by atoms with Crippen LogP contribution in [-0.2, 0) is 4.79 Å². The summed E-state index contributed by atoms with van der Waals surface area (Å²) in [6, 6.07) is 13.8. The van der Waals surface area contributed by atoms with Crippen LogP contribution in [-0.4, -0.2) is 42.9 Å². The molecule has 1 atom stereocenters. The predicted molar refractivity (Wildman–Crippen MR) is 118 cm³/mol. The molecule has 1 N–H and O–H groups in total. The number of benzene rings is 1. The van der Waals surface area contributed by atoms with Crippen LogP contribution in [0.4, 0.5) is 0 Å². The molecule has 1 unspecified atom stereocenters. The molecule has 5 rings (SSSR count). The number of para-hydroxylation sites is 1. The van der Waals surface area contributed by atoms with Crippen molar-refractivity contribution < 1.29 is 4.79 Å². The number of carbonyl (C=O) groups is 1. The molecule has 9 heteroatoms. The Balaban J connectivity index is 1.37. The van der Waals surface area contributed by atoms with Crippen molar-refractivity contribution in [2.24, 2.45) is 0 Å². The third kappa shape index (κ3) is 3.54. The first-order valence-electron chi connectivity index (χ1n) is 9.70. The monoisotopic (exact) mass is 437 g/mol. The summed E-state index contributed by atoms with van der Waals surface area (Å²) < 4.78 is 1.64. The second-order valence-electron chi connectivity index (χ2n) is 7.05. The number of rotatable bonds is 5. The lowest BCUT2D eigenvalue weighted by Gasteiger charge is -2.23. The number of thioether (sulfide) groups is 1. The van der Waals surface area contributed by atoms with Crippen molar-refractivity contribution in [1.82, 2.24) is 24.6 Å². The number of H-pyrrole nitrogens is 1. The summed E-state index contributed by atoms with van der Waals surface area (Å²) in [6.45, 7) is 0.770. The summed E-state index contributed by atoms with van der Waals surface area (Å²) in [5.74, 6) is 0.297. The highest BCUT2D eigenvalue weighted by Gasteiger charge is 2.30. The van der Waals surface area contributed by atoms with Crippen molar-refractivity contribution in [1.29, 1.82) is 0 Å². The van der Waals surface area contributed by atoms with Crippen molar-refractivity contribution in [2.75, 3.05) is 12.3 Å². The maximum absolute atomic E-state index is 12.9. The second-order valence-corrected chi connectivity index (χ2v) is 8.99. The molecule has 3 aromatic heterocycles. The largest absolute Gasteiger partial charge is 0.334 e. The molecule has 152 valence electrons. The molecular formula is C21H19N5O2S2. The van der Waals surface area contributed by atoms with Crippen LogP contribution in [0.3, 0.4) is 0 Å². The van der Waals surface area contributed by atoms with Gasteiger partial charge in [-0.15, -0.1) is 11.3 Å². The number of fused-ring (bicyclic) bond motifs is 1. The van der Waals surface area contributed by atoms with E-state index in [1.54, 1.807) is 16.0 Å². The molecule has 0 saturated carbocycles. The van der Waals surface area contributed by atoms with Gasteiger partial charge in [0.25, 0.3) is 5.56 Å². The molecule has 4 aromatic rings. The molecule has 0 radical (unpaired) electrons. The molecule has 1 aromatic carbocycles. The van der Waals surface area contributed by atoms with Gasteiger partial charge in [-0.25, -0.2) is 9.67 Å². The Kier molecular flexibility index (Phi) is 5.14. The highest BCUT2D eigenvalue weighted by molar-refractivity contribution is 7.99. The lowest BCUT2D eigenvalue weighted by molar-refractivity contribution is -0.129. The molecule has 1 fully saturated rings. The van der Waals surface area contributed by atoms with E-state index in [9.17, 15) is 9.59 Å². The number of hydrogen-bond acceptors (Lipinski definition) is 6. The molecule has 1 saturated heterocycles. The molecular weight excluding hydrogens is 418 g/mol. The van der Waals surface area contributed by atoms with Crippen LogP contribution in [0.2, 0.25) is 0 Å². The minimum atomic E-state index is -0.255. The van der Waals surface area contributed by atoms with Crippen molar-refractivity contribution in [3.05, 3.63) is 69.3 Å². The molecule has 7 nitrogen and oxygen atoms in total. The van der Waals surface area contributed by atoms with Gasteiger partial charge in [-0.2, -0.15) is 5.10 Å². The molecule has 1 aliphatic heterocycles. The maximum Gasteiger partial charge on any atom is 0.262 e. The topological polar surface area (TPSA) is 83.9 Å². The number of nitrogens with zero attached hydrogens (tertiary/aromatic N) is 4. The first-order valence-corrected chi connectivity index (χ1v) is 11.6. The maximum atomic E-state index is 12.9. The van der Waals surface area contributed by atoms with Gasteiger partial charge in [-0.3, -0.25) is 9.59 Å². The first kappa shape index (κ1) is 19.1. The summed E-state index contributed by atoms with van der Waals surface area (Å²) in [7, 11) is 0. The summed E-state index contributed by atoms with van der Waals surface area (Å²) in [5.41, 5.74) is 1.06. The summed E-state index contributed by atoms with van der Waals surface area (Å²) in [4.78, 5) is 35.9. The standard InChI is InChI=1S/C21H19N5O2S2/c27-18(25-10-4-8-16(25)17-9-5-11-29-17)13-30-21-23-19-15(20(28)24-21)12-22-26(19)14-6-2-1-3-7-14/h1-3,5-7,9,11-12,16H,4,8,10,13H2,(H,23,24,28). The fourth-order valence-electron chi connectivity index (χ4n) is 3.78. The zero-order valence-electron chi connectivity index (χ0n) is 16.0. The van der Waals surface area contributed by atoms with Crippen LogP contribution in [0.15, 0.2) is 64.0 Å². The molecule has 0 spiro atoms. The average Bonchev–Trinajstić information content (AvgIpc) is 3.52. The van der Waals surface area contributed by atoms with Crippen LogP contribution in [0.25, 0.3) is 16.7 Å². The Morgan fingerprint density at radius 1 is 1.23 bits per heavy atom. The number of nitrogens with one attached hydrogen (secondary N) is 1. The molecule has 1 aliphatic rings. The SMILES string of the molecule is O=C(CSc1nc2c(cnn2-c2ccccc2)c(=O)[nH]1)N1CCCC1c1cccs1. The number of thiophene rings is 1. The van der Waals surface area contributed by atoms with Gasteiger partial charge in [0.15, 0.2) is 10.8 Å². The number of hydrogen-bond donors (Lipinski definition) is 1. The third-order valence-electron chi connectivity index (χ3n) is 5.19. The lowest BCUT2D eigenvalue weighted by atomic mass is 10.2. The molecule has 4 heterocycles. The first-order chi connectivity index (χ1) is 14.7. The molecule has 30 heavy (non-hydrogen) atoms. The summed E-state index contributed by atoms with van der Waals surface area (Å²) in [5, 5.41) is 7.21. The van der Waals surface area contributed by atoms with Crippen LogP contribution in [0.1, 0.15) is 23.8 Å². The molecule has 0 bridgehead atoms. The fourth-order valence-corrected chi connectivity index (χ4v) is 5.40. The smallest absolute Gasteiger partial charge is 0.262 e. The second kappa shape index (κ2) is 8.08. The van der Waals surface area contributed by atoms with E-state index in [0.29, 0.717) is 16.2 Å². The van der Waals surface area contributed by atoms with Gasteiger partial charge in [0, 0.05) is 11.4 Å². The van der Waals surface area contributed by atoms with Gasteiger partial charge in [0.05, 0.1) is 23.7 Å². The number of aromatic amines is 1. The van der Waals surface area contributed by atoms with E-state index in [2.05, 4.69) is 21.1 Å². The van der Waals surface area contributed by atoms with E-state index < -0.39 is 0 Å². The Bertz CT molecular complexity index is 1230. The van der Waals surface area contributed by atoms with Crippen molar-refractivity contribution in [3.8, 4) is 5.69 Å². The van der Waals surface area contributed by atoms with Crippen molar-refractivity contribution in [3.63, 3.8) is 0 Å². The fraction of sp³-hybridized carbons (Fsp3) is 0.238. The van der Waals surface area contributed by atoms with E-state index in [-0.39, 0.29) is 23.3 Å². The van der Waals surface area contributed by atoms with Crippen molar-refractivity contribution >= 4 is 40.0 Å². The lowest BCUT2D eigenvalue weighted by Crippen LogP contribution is -2.31. The van der Waals surface area contributed by atoms with Crippen LogP contribution in [0, 0.1) is 0 Å². The van der Waals surface area contributed by atoms with E-state index in [1.165, 1.54) is 22.8 Å². The minimum Gasteiger partial charge on any atom is -0.334 e. The highest BCUT2D eigenvalue weighted by atomic mass is 32.2. The third-order valence-corrected chi connectivity index (χ3v) is 7.03. The minimum absolute atomic E-state index is 0.0650. The number of likely N-dealkylation sites (tertiary alicyclic amines) is 1. The van der Waals surface area contributed by atoms with Crippen LogP contribution < -0.4 is 5.56 Å². The number of amides is 1. The van der Waals surface area contributed by atoms with Crippen LogP contribution >= 0.6 is 23.1 Å². The Labute approximate surface area is 180 Å². The van der Waals surface area contributed by atoms with E-state index in [4.69, 9.17) is 0 Å². The van der Waals surface area contributed by atoms with Gasteiger partial charge in [-0.1, -0.05) is 36.0 Å². The average molecular weight is 438 g/mol. The van der Waals surface area contributed by atoms with Gasteiger partial charge in [0.2, 0.25) is 5.91 Å². The zero-order valence-corrected chi connectivity index (χ0v) is 17.7. The van der Waals surface area contributed by atoms with E-state index >= 15 is 0 Å². The Morgan fingerprint density at radius 3 is 2.90 bits per heavy atom. The molecule has 1 amide bonds. The van der Waals surface area contributed by atoms with Crippen molar-refractivity contribution in [2.45, 2.75) is 24.0 Å². The predicted octanol–water partition coefficient (Wildman–Crippen LogP) is 3.63. The zero-order chi connectivity index (χ0) is 20.5. The summed E-state index contributed by atoms with van der Waals surface area (Å²) >= 11 is 2.94. The van der Waals surface area contributed by atoms with E-state index in [0.717, 1.165) is 25.1 Å². The number of aromatic nitrogens is 4. The normalized spacial score (nSPS) is 16.4. The van der Waals surface area contributed by atoms with E-state index in [1.807, 2.05) is 46.7 Å². The van der Waals surface area contributed by atoms with Gasteiger partial charge < -0.3 is 9.88 Å². The molecule has 0 aliphatic carbocycles. The van der Waals surface area contributed by atoms with Gasteiger partial charge >= 0.3 is 0 Å². The Morgan fingerprint density at radius 2 is 2.10 bits per heavy atom. The van der Waals surface area contributed by atoms with Crippen LogP contribution in [0.5, 0.6) is 0 Å². The highest BCUT2D eigenvalue weighted by Crippen LogP contribution is 2.35. The summed E-state index contributed by atoms with van der Waals surface area (Å²) in [6.07, 6.45) is 3.52.